The van der Waals surface area contributed by atoms with Crippen LogP contribution in [0.4, 0.5) is 0 Å². The van der Waals surface area contributed by atoms with Gasteiger partial charge in [0.1, 0.15) is 0 Å². The molecule has 0 aromatic carbocycles. The van der Waals surface area contributed by atoms with Crippen LogP contribution < -0.4 is 0 Å². The summed E-state index contributed by atoms with van der Waals surface area (Å²) >= 11 is 0. The standard InChI is InChI=1S/C9H10N4O/c1-9(2)3-6-5(4-11-13-6)7(14)8(9)12-10/h4H,3H2,1-2H3,(H,11,13). The number of rotatable bonds is 0. The molecule has 1 aliphatic rings. The zero-order valence-electron chi connectivity index (χ0n) is 8.03. The zero-order chi connectivity index (χ0) is 10.3. The number of Topliss-reactive ketones (excluding diaryl/α,β-unsaturated/α-hetero) is 1. The van der Waals surface area contributed by atoms with Crippen molar-refractivity contribution in [2.75, 3.05) is 0 Å². The van der Waals surface area contributed by atoms with E-state index in [4.69, 9.17) is 5.53 Å². The summed E-state index contributed by atoms with van der Waals surface area (Å²) in [6.07, 6.45) is 2.10. The number of aromatic nitrogens is 2. The van der Waals surface area contributed by atoms with Crippen LogP contribution in [-0.2, 0) is 6.42 Å². The summed E-state index contributed by atoms with van der Waals surface area (Å²) in [7, 11) is 0. The fraction of sp³-hybridized carbons (Fsp3) is 0.444. The summed E-state index contributed by atoms with van der Waals surface area (Å²) in [5, 5.41) is 6.59. The Labute approximate surface area is 80.8 Å². The number of hydrogen-bond donors (Lipinski definition) is 1. The second kappa shape index (κ2) is 2.62. The summed E-state index contributed by atoms with van der Waals surface area (Å²) < 4.78 is 0. The maximum Gasteiger partial charge on any atom is 0.345 e. The van der Waals surface area contributed by atoms with Crippen LogP contribution in [0.5, 0.6) is 0 Å². The van der Waals surface area contributed by atoms with Gasteiger partial charge in [-0.2, -0.15) is 9.89 Å². The van der Waals surface area contributed by atoms with Gasteiger partial charge in [0.25, 0.3) is 5.78 Å². The number of H-pyrrole nitrogens is 1. The van der Waals surface area contributed by atoms with Gasteiger partial charge in [-0.3, -0.25) is 9.89 Å². The molecule has 1 N–H and O–H groups in total. The van der Waals surface area contributed by atoms with E-state index in [9.17, 15) is 4.79 Å². The van der Waals surface area contributed by atoms with E-state index in [0.717, 1.165) is 5.69 Å². The van der Waals surface area contributed by atoms with Crippen LogP contribution in [0, 0.1) is 5.41 Å². The van der Waals surface area contributed by atoms with Gasteiger partial charge in [-0.25, -0.2) is 0 Å². The molecular formula is C9H10N4O. The summed E-state index contributed by atoms with van der Waals surface area (Å²) in [4.78, 5) is 14.9. The van der Waals surface area contributed by atoms with Crippen LogP contribution in [-0.4, -0.2) is 26.5 Å². The van der Waals surface area contributed by atoms with Crippen molar-refractivity contribution in [1.82, 2.24) is 10.2 Å². The molecule has 5 nitrogen and oxygen atoms in total. The molecule has 1 aromatic rings. The summed E-state index contributed by atoms with van der Waals surface area (Å²) in [6.45, 7) is 3.73. The van der Waals surface area contributed by atoms with Crippen LogP contribution in [0.1, 0.15) is 29.9 Å². The molecule has 0 saturated heterocycles. The lowest BCUT2D eigenvalue weighted by Gasteiger charge is -2.22. The van der Waals surface area contributed by atoms with Gasteiger partial charge in [-0.1, -0.05) is 0 Å². The number of nitrogens with one attached hydrogen (secondary N) is 1. The second-order valence-corrected chi connectivity index (χ2v) is 4.10. The molecule has 5 heteroatoms. The van der Waals surface area contributed by atoms with Gasteiger partial charge in [-0.15, -0.1) is 0 Å². The number of carbonyl (C=O) groups is 1. The van der Waals surface area contributed by atoms with E-state index in [1.165, 1.54) is 6.20 Å². The van der Waals surface area contributed by atoms with Gasteiger partial charge in [0, 0.05) is 12.1 Å². The van der Waals surface area contributed by atoms with E-state index in [1.807, 2.05) is 13.8 Å². The van der Waals surface area contributed by atoms with Crippen LogP contribution in [0.3, 0.4) is 0 Å². The Kier molecular flexibility index (Phi) is 1.66. The molecule has 0 spiro atoms. The fourth-order valence-electron chi connectivity index (χ4n) is 1.78. The molecule has 0 bridgehead atoms. The number of hydrogen-bond acceptors (Lipinski definition) is 2. The molecule has 0 radical (unpaired) electrons. The number of aromatic amines is 1. The van der Waals surface area contributed by atoms with E-state index in [1.54, 1.807) is 0 Å². The highest BCUT2D eigenvalue weighted by Crippen LogP contribution is 2.30. The Morgan fingerprint density at radius 1 is 1.64 bits per heavy atom. The number of fused-ring (bicyclic) bond motifs is 1. The third-order valence-corrected chi connectivity index (χ3v) is 2.54. The van der Waals surface area contributed by atoms with E-state index in [-0.39, 0.29) is 11.5 Å². The quantitative estimate of drug-likeness (QED) is 0.486. The zero-order valence-corrected chi connectivity index (χ0v) is 8.03. The van der Waals surface area contributed by atoms with Crippen molar-refractivity contribution in [2.45, 2.75) is 20.3 Å². The number of nitrogens with zero attached hydrogens (tertiary/aromatic N) is 3. The van der Waals surface area contributed by atoms with Crippen molar-refractivity contribution < 1.29 is 9.58 Å². The van der Waals surface area contributed by atoms with Gasteiger partial charge >= 0.3 is 5.71 Å². The first-order valence-corrected chi connectivity index (χ1v) is 4.36. The van der Waals surface area contributed by atoms with Crippen molar-refractivity contribution in [1.29, 1.82) is 0 Å². The minimum Gasteiger partial charge on any atom is -0.361 e. The molecule has 0 atom stereocenters. The Balaban J connectivity index is 2.64. The first-order chi connectivity index (χ1) is 6.56. The molecule has 2 rings (SSSR count). The van der Waals surface area contributed by atoms with Crippen LogP contribution in [0.2, 0.25) is 0 Å². The highest BCUT2D eigenvalue weighted by molar-refractivity contribution is 6.46. The van der Waals surface area contributed by atoms with Crippen molar-refractivity contribution in [3.05, 3.63) is 23.0 Å². The molecule has 14 heavy (non-hydrogen) atoms. The van der Waals surface area contributed by atoms with Gasteiger partial charge in [-0.05, 0) is 13.8 Å². The molecule has 0 aliphatic heterocycles. The highest BCUT2D eigenvalue weighted by Gasteiger charge is 2.45. The topological polar surface area (TPSA) is 82.2 Å². The van der Waals surface area contributed by atoms with E-state index in [2.05, 4.69) is 15.0 Å². The Morgan fingerprint density at radius 2 is 2.36 bits per heavy atom. The predicted octanol–water partition coefficient (Wildman–Crippen LogP) is 0.845. The summed E-state index contributed by atoms with van der Waals surface area (Å²) in [5.41, 5.74) is 9.88. The fourth-order valence-corrected chi connectivity index (χ4v) is 1.78. The lowest BCUT2D eigenvalue weighted by molar-refractivity contribution is -0.0196. The average Bonchev–Trinajstić information content (AvgIpc) is 2.51. The lowest BCUT2D eigenvalue weighted by Crippen LogP contribution is -2.39. The smallest absolute Gasteiger partial charge is 0.345 e. The number of carbonyl (C=O) groups excluding carboxylic acids is 1. The minimum absolute atomic E-state index is 0.200. The third-order valence-electron chi connectivity index (χ3n) is 2.54. The minimum atomic E-state index is -0.439. The molecule has 0 amide bonds. The Bertz CT molecular complexity index is 451. The van der Waals surface area contributed by atoms with Crippen molar-refractivity contribution in [3.63, 3.8) is 0 Å². The van der Waals surface area contributed by atoms with Gasteiger partial charge in [0.05, 0.1) is 17.2 Å². The van der Waals surface area contributed by atoms with Crippen LogP contribution in [0.25, 0.3) is 5.53 Å². The van der Waals surface area contributed by atoms with Crippen LogP contribution in [0.15, 0.2) is 6.20 Å². The summed E-state index contributed by atoms with van der Waals surface area (Å²) in [6, 6.07) is 0. The maximum absolute atomic E-state index is 11.8. The largest absolute Gasteiger partial charge is 0.361 e. The van der Waals surface area contributed by atoms with Gasteiger partial charge in [0.15, 0.2) is 0 Å². The summed E-state index contributed by atoms with van der Waals surface area (Å²) in [5.74, 6) is -0.243. The predicted molar refractivity (Wildman–Crippen MR) is 49.0 cm³/mol. The van der Waals surface area contributed by atoms with E-state index in [0.29, 0.717) is 12.0 Å². The molecule has 72 valence electrons. The monoisotopic (exact) mass is 190 g/mol. The average molecular weight is 190 g/mol. The van der Waals surface area contributed by atoms with E-state index >= 15 is 0 Å². The van der Waals surface area contributed by atoms with Crippen molar-refractivity contribution in [2.24, 2.45) is 5.41 Å². The molecular weight excluding hydrogens is 180 g/mol. The van der Waals surface area contributed by atoms with E-state index < -0.39 is 5.41 Å². The van der Waals surface area contributed by atoms with Crippen molar-refractivity contribution in [3.8, 4) is 0 Å². The first-order valence-electron chi connectivity index (χ1n) is 4.36. The SMILES string of the molecule is CC1(C)Cc2[nH]ncc2C(=O)C1=[N+]=[N-]. The first kappa shape index (κ1) is 8.84. The molecule has 0 fully saturated rings. The molecule has 0 unspecified atom stereocenters. The third kappa shape index (κ3) is 1.03. The molecule has 1 aliphatic carbocycles. The van der Waals surface area contributed by atoms with Crippen molar-refractivity contribution >= 4 is 11.5 Å². The molecule has 0 saturated carbocycles. The number of ketones is 1. The maximum atomic E-state index is 11.8. The van der Waals surface area contributed by atoms with Gasteiger partial charge in [0.2, 0.25) is 0 Å². The molecule has 1 aromatic heterocycles. The van der Waals surface area contributed by atoms with Crippen LogP contribution >= 0.6 is 0 Å². The normalized spacial score (nSPS) is 19.0. The lowest BCUT2D eigenvalue weighted by atomic mass is 9.74. The Morgan fingerprint density at radius 3 is 3.00 bits per heavy atom. The highest BCUT2D eigenvalue weighted by atomic mass is 16.1. The second-order valence-electron chi connectivity index (χ2n) is 4.10. The Hall–Kier alpha value is -1.74. The molecule has 1 heterocycles. The van der Waals surface area contributed by atoms with Gasteiger partial charge < -0.3 is 5.53 Å².